The summed E-state index contributed by atoms with van der Waals surface area (Å²) in [5, 5.41) is 0. The molecule has 0 N–H and O–H groups in total. The number of hydrogen-bond acceptors (Lipinski definition) is 0. The van der Waals surface area contributed by atoms with Gasteiger partial charge in [-0.05, 0) is 22.4 Å². The summed E-state index contributed by atoms with van der Waals surface area (Å²) in [6.07, 6.45) is 3.30. The van der Waals surface area contributed by atoms with Gasteiger partial charge in [0, 0.05) is 0 Å². The second-order valence-electron chi connectivity index (χ2n) is 2.15. The van der Waals surface area contributed by atoms with Crippen molar-refractivity contribution in [2.75, 3.05) is 0 Å². The molecule has 0 aliphatic rings. The zero-order valence-corrected chi connectivity index (χ0v) is 10.4. The fraction of sp³-hybridized carbons (Fsp3) is 1.00. The van der Waals surface area contributed by atoms with Crippen LogP contribution in [0.3, 0.4) is 0 Å². The van der Waals surface area contributed by atoms with Crippen LogP contribution in [0.5, 0.6) is 0 Å². The Hall–Kier alpha value is 1.54. The summed E-state index contributed by atoms with van der Waals surface area (Å²) in [7, 11) is 0. The van der Waals surface area contributed by atoms with Gasteiger partial charge < -0.3 is 0 Å². The molecule has 1 atom stereocenters. The lowest BCUT2D eigenvalue weighted by Crippen LogP contribution is -2.17. The highest BCUT2D eigenvalue weighted by molar-refractivity contribution is 9.13. The van der Waals surface area contributed by atoms with Crippen LogP contribution in [0.15, 0.2) is 0 Å². The zero-order valence-electron chi connectivity index (χ0n) is 5.71. The monoisotopic (exact) mass is 310 g/mol. The van der Waals surface area contributed by atoms with Gasteiger partial charge in [0.15, 0.2) is 3.24 Å². The third-order valence-corrected chi connectivity index (χ3v) is 4.53. The normalized spacial score (nSPS) is 15.3. The van der Waals surface area contributed by atoms with E-state index in [-0.39, 0.29) is 4.83 Å². The first-order valence-electron chi connectivity index (χ1n) is 3.19. The predicted molar refractivity (Wildman–Crippen MR) is 55.6 cm³/mol. The molecule has 0 saturated heterocycles. The summed E-state index contributed by atoms with van der Waals surface area (Å²) in [6, 6.07) is 0. The van der Waals surface area contributed by atoms with Crippen LogP contribution in [-0.4, -0.2) is 8.07 Å². The topological polar surface area (TPSA) is 0 Å². The Kier molecular flexibility index (Phi) is 6.04. The summed E-state index contributed by atoms with van der Waals surface area (Å²) in [6.45, 7) is 2.14. The van der Waals surface area contributed by atoms with Crippen LogP contribution in [0.4, 0.5) is 0 Å². The number of hydrogen-bond donors (Lipinski definition) is 0. The van der Waals surface area contributed by atoms with Crippen molar-refractivity contribution in [2.45, 2.75) is 34.3 Å². The summed E-state index contributed by atoms with van der Waals surface area (Å²) in [4.78, 5) is 0.128. The second kappa shape index (κ2) is 5.23. The van der Waals surface area contributed by atoms with E-state index in [1.807, 2.05) is 0 Å². The first kappa shape index (κ1) is 11.5. The van der Waals surface area contributed by atoms with Crippen LogP contribution >= 0.6 is 55.1 Å². The van der Waals surface area contributed by atoms with Gasteiger partial charge in [0.05, 0.1) is 4.83 Å². The Morgan fingerprint density at radius 2 is 2.00 bits per heavy atom. The third kappa shape index (κ3) is 5.22. The van der Waals surface area contributed by atoms with Crippen LogP contribution in [0.2, 0.25) is 0 Å². The van der Waals surface area contributed by atoms with E-state index < -0.39 is 3.24 Å². The van der Waals surface area contributed by atoms with Gasteiger partial charge in [-0.2, -0.15) is 0 Å². The number of alkyl halides is 4. The summed E-state index contributed by atoms with van der Waals surface area (Å²) < 4.78 is -0.817. The molecule has 10 heavy (non-hydrogen) atoms. The van der Waals surface area contributed by atoms with Gasteiger partial charge >= 0.3 is 0 Å². The van der Waals surface area contributed by atoms with Crippen molar-refractivity contribution in [1.82, 2.24) is 0 Å². The molecule has 1 unspecified atom stereocenters. The Morgan fingerprint density at radius 3 is 2.30 bits per heavy atom. The smallest absolute Gasteiger partial charge is 0.0876 e. The molecular weight excluding hydrogens is 303 g/mol. The van der Waals surface area contributed by atoms with Crippen LogP contribution in [0, 0.1) is 0 Å². The standard InChI is InChI=1S/C6H10Br2Cl2/c1-2-3-4-5(7)6(8,9)10/h5H,2-4H2,1H3. The lowest BCUT2D eigenvalue weighted by Gasteiger charge is -2.17. The first-order chi connectivity index (χ1) is 4.48. The van der Waals surface area contributed by atoms with Gasteiger partial charge in [0.25, 0.3) is 0 Å². The summed E-state index contributed by atoms with van der Waals surface area (Å²) in [5.74, 6) is 0. The van der Waals surface area contributed by atoms with Crippen molar-refractivity contribution in [3.8, 4) is 0 Å². The minimum absolute atomic E-state index is 0.128. The van der Waals surface area contributed by atoms with Crippen LogP contribution in [0.1, 0.15) is 26.2 Å². The fourth-order valence-electron chi connectivity index (χ4n) is 0.547. The van der Waals surface area contributed by atoms with E-state index in [1.165, 1.54) is 6.42 Å². The molecule has 0 aliphatic carbocycles. The van der Waals surface area contributed by atoms with Crippen molar-refractivity contribution in [3.05, 3.63) is 0 Å². The van der Waals surface area contributed by atoms with Crippen LogP contribution in [0.25, 0.3) is 0 Å². The van der Waals surface area contributed by atoms with Gasteiger partial charge in [-0.1, -0.05) is 58.9 Å². The van der Waals surface area contributed by atoms with E-state index in [0.29, 0.717) is 0 Å². The molecule has 0 heterocycles. The van der Waals surface area contributed by atoms with Crippen LogP contribution in [-0.2, 0) is 0 Å². The highest BCUT2D eigenvalue weighted by Crippen LogP contribution is 2.39. The molecule has 0 amide bonds. The van der Waals surface area contributed by atoms with Crippen molar-refractivity contribution in [1.29, 1.82) is 0 Å². The maximum Gasteiger partial charge on any atom is 0.184 e. The van der Waals surface area contributed by atoms with Gasteiger partial charge in [-0.15, -0.1) is 0 Å². The Labute approximate surface area is 88.9 Å². The maximum absolute atomic E-state index is 5.75. The molecule has 62 valence electrons. The van der Waals surface area contributed by atoms with E-state index in [4.69, 9.17) is 23.2 Å². The van der Waals surface area contributed by atoms with Crippen molar-refractivity contribution >= 4 is 55.1 Å². The largest absolute Gasteiger partial charge is 0.184 e. The number of unbranched alkanes of at least 4 members (excludes halogenated alkanes) is 1. The van der Waals surface area contributed by atoms with E-state index >= 15 is 0 Å². The molecule has 0 radical (unpaired) electrons. The van der Waals surface area contributed by atoms with Crippen molar-refractivity contribution in [3.63, 3.8) is 0 Å². The Morgan fingerprint density at radius 1 is 1.50 bits per heavy atom. The molecule has 0 bridgehead atoms. The van der Waals surface area contributed by atoms with E-state index in [9.17, 15) is 0 Å². The average molecular weight is 313 g/mol. The molecule has 0 aromatic heterocycles. The molecule has 0 rings (SSSR count). The molecule has 4 heteroatoms. The van der Waals surface area contributed by atoms with Gasteiger partial charge in [-0.3, -0.25) is 0 Å². The molecule has 0 nitrogen and oxygen atoms in total. The van der Waals surface area contributed by atoms with Crippen molar-refractivity contribution < 1.29 is 0 Å². The van der Waals surface area contributed by atoms with Gasteiger partial charge in [0.2, 0.25) is 0 Å². The number of rotatable bonds is 4. The highest BCUT2D eigenvalue weighted by Gasteiger charge is 2.28. The third-order valence-electron chi connectivity index (χ3n) is 1.17. The van der Waals surface area contributed by atoms with Crippen molar-refractivity contribution in [2.24, 2.45) is 0 Å². The molecule has 0 aromatic rings. The fourth-order valence-corrected chi connectivity index (χ4v) is 1.32. The lowest BCUT2D eigenvalue weighted by atomic mass is 10.2. The second-order valence-corrected chi connectivity index (χ2v) is 6.81. The van der Waals surface area contributed by atoms with Gasteiger partial charge in [-0.25, -0.2) is 0 Å². The molecule has 0 fully saturated rings. The van der Waals surface area contributed by atoms with E-state index in [2.05, 4.69) is 38.8 Å². The number of halogens is 4. The average Bonchev–Trinajstić information content (AvgIpc) is 1.80. The maximum atomic E-state index is 5.75. The molecule has 0 saturated carbocycles. The van der Waals surface area contributed by atoms with E-state index in [0.717, 1.165) is 12.8 Å². The minimum Gasteiger partial charge on any atom is -0.0876 e. The lowest BCUT2D eigenvalue weighted by molar-refractivity contribution is 0.703. The SMILES string of the molecule is CCCCC(Br)C(Cl)(Cl)Br. The predicted octanol–water partition coefficient (Wildman–Crippen LogP) is 4.47. The summed E-state index contributed by atoms with van der Waals surface area (Å²) >= 11 is 18.1. The van der Waals surface area contributed by atoms with E-state index in [1.54, 1.807) is 0 Å². The molecular formula is C6H10Br2Cl2. The highest BCUT2D eigenvalue weighted by atomic mass is 79.9. The summed E-state index contributed by atoms with van der Waals surface area (Å²) in [5.41, 5.74) is 0. The Balaban J connectivity index is 3.52. The first-order valence-corrected chi connectivity index (χ1v) is 5.65. The molecule has 0 aromatic carbocycles. The minimum atomic E-state index is -0.817. The molecule has 0 spiro atoms. The van der Waals surface area contributed by atoms with Gasteiger partial charge in [0.1, 0.15) is 0 Å². The molecule has 0 aliphatic heterocycles. The zero-order chi connectivity index (χ0) is 8.20. The van der Waals surface area contributed by atoms with Crippen LogP contribution < -0.4 is 0 Å². The quantitative estimate of drug-likeness (QED) is 0.672. The Bertz CT molecular complexity index is 90.2.